The molecule has 2 aromatic rings. The van der Waals surface area contributed by atoms with E-state index in [0.29, 0.717) is 17.5 Å². The summed E-state index contributed by atoms with van der Waals surface area (Å²) in [7, 11) is 0. The summed E-state index contributed by atoms with van der Waals surface area (Å²) in [5.41, 5.74) is 0.0108. The summed E-state index contributed by atoms with van der Waals surface area (Å²) in [6.45, 7) is 0. The van der Waals surface area contributed by atoms with Crippen molar-refractivity contribution in [3.05, 3.63) is 74.8 Å². The van der Waals surface area contributed by atoms with E-state index in [2.05, 4.69) is 10.6 Å². The van der Waals surface area contributed by atoms with Crippen LogP contribution >= 0.6 is 0 Å². The number of amides is 1. The second-order valence-corrected chi connectivity index (χ2v) is 5.08. The van der Waals surface area contributed by atoms with Gasteiger partial charge in [0.05, 0.1) is 15.9 Å². The summed E-state index contributed by atoms with van der Waals surface area (Å²) in [5, 5.41) is 35.5. The average molecular weight is 372 g/mol. The lowest BCUT2D eigenvalue weighted by atomic mass is 10.2. The summed E-state index contributed by atoms with van der Waals surface area (Å²) >= 11 is 0. The predicted octanol–water partition coefficient (Wildman–Crippen LogP) is 2.83. The fourth-order valence-corrected chi connectivity index (χ4v) is 2.01. The Labute approximate surface area is 151 Å². The van der Waals surface area contributed by atoms with Gasteiger partial charge in [-0.25, -0.2) is 4.79 Å². The van der Waals surface area contributed by atoms with Gasteiger partial charge in [-0.15, -0.1) is 0 Å². The molecule has 0 aliphatic rings. The number of anilines is 3. The Hall–Kier alpha value is -4.28. The third-order valence-corrected chi connectivity index (χ3v) is 3.20. The molecule has 0 fully saturated rings. The SMILES string of the molecule is O=C(O)C=CC(=O)Nc1ccc(Nc2ccc([N+](=O)[O-])cc2[N+](=O)[O-])cc1. The number of aliphatic carboxylic acids is 1. The van der Waals surface area contributed by atoms with Crippen LogP contribution in [0.5, 0.6) is 0 Å². The number of carbonyl (C=O) groups is 2. The van der Waals surface area contributed by atoms with Gasteiger partial charge in [-0.3, -0.25) is 25.0 Å². The summed E-state index contributed by atoms with van der Waals surface area (Å²) in [6, 6.07) is 9.23. The molecule has 11 nitrogen and oxygen atoms in total. The number of carboxylic acids is 1. The van der Waals surface area contributed by atoms with Crippen LogP contribution in [0.2, 0.25) is 0 Å². The Bertz CT molecular complexity index is 938. The van der Waals surface area contributed by atoms with Gasteiger partial charge in [0.2, 0.25) is 5.91 Å². The Morgan fingerprint density at radius 1 is 0.926 bits per heavy atom. The van der Waals surface area contributed by atoms with Gasteiger partial charge in [-0.1, -0.05) is 0 Å². The summed E-state index contributed by atoms with van der Waals surface area (Å²) in [6.07, 6.45) is 1.55. The zero-order chi connectivity index (χ0) is 20.0. The molecule has 0 atom stereocenters. The molecule has 0 aromatic heterocycles. The highest BCUT2D eigenvalue weighted by molar-refractivity contribution is 6.02. The minimum Gasteiger partial charge on any atom is -0.478 e. The van der Waals surface area contributed by atoms with Crippen LogP contribution in [0.25, 0.3) is 0 Å². The molecule has 0 bridgehead atoms. The van der Waals surface area contributed by atoms with Gasteiger partial charge in [-0.05, 0) is 30.3 Å². The lowest BCUT2D eigenvalue weighted by Gasteiger charge is -2.08. The minimum absolute atomic E-state index is 0.0618. The first kappa shape index (κ1) is 19.1. The van der Waals surface area contributed by atoms with E-state index in [1.54, 1.807) is 0 Å². The third kappa shape index (κ3) is 5.35. The molecule has 3 N–H and O–H groups in total. The number of benzene rings is 2. The minimum atomic E-state index is -1.26. The highest BCUT2D eigenvalue weighted by atomic mass is 16.6. The maximum atomic E-state index is 11.5. The first-order valence-corrected chi connectivity index (χ1v) is 7.28. The van der Waals surface area contributed by atoms with Crippen LogP contribution in [-0.4, -0.2) is 26.8 Å². The number of non-ortho nitro benzene ring substituents is 1. The lowest BCUT2D eigenvalue weighted by molar-refractivity contribution is -0.393. The number of carboxylic acid groups (broad SMARTS) is 1. The van der Waals surface area contributed by atoms with E-state index in [1.807, 2.05) is 0 Å². The summed E-state index contributed by atoms with van der Waals surface area (Å²) in [4.78, 5) is 42.2. The van der Waals surface area contributed by atoms with Crippen LogP contribution in [0.1, 0.15) is 0 Å². The fourth-order valence-electron chi connectivity index (χ4n) is 2.01. The molecule has 0 saturated heterocycles. The standard InChI is InChI=1S/C16H12N4O7/c21-15(7-8-16(22)23)18-11-3-1-10(2-4-11)17-13-6-5-12(19(24)25)9-14(13)20(26)27/h1-9,17H,(H,18,21)(H,22,23). The maximum absolute atomic E-state index is 11.5. The van der Waals surface area contributed by atoms with E-state index in [4.69, 9.17) is 5.11 Å². The molecule has 2 aromatic carbocycles. The number of nitro groups is 2. The molecule has 27 heavy (non-hydrogen) atoms. The molecule has 2 rings (SSSR count). The van der Waals surface area contributed by atoms with E-state index >= 15 is 0 Å². The van der Waals surface area contributed by atoms with E-state index in [0.717, 1.165) is 18.2 Å². The first-order chi connectivity index (χ1) is 12.8. The molecule has 0 radical (unpaired) electrons. The summed E-state index contributed by atoms with van der Waals surface area (Å²) in [5.74, 6) is -1.89. The second kappa shape index (κ2) is 8.20. The average Bonchev–Trinajstić information content (AvgIpc) is 2.61. The summed E-state index contributed by atoms with van der Waals surface area (Å²) < 4.78 is 0. The molecular weight excluding hydrogens is 360 g/mol. The molecule has 0 saturated carbocycles. The predicted molar refractivity (Wildman–Crippen MR) is 94.9 cm³/mol. The number of rotatable bonds is 7. The smallest absolute Gasteiger partial charge is 0.328 e. The number of nitrogens with one attached hydrogen (secondary N) is 2. The zero-order valence-corrected chi connectivity index (χ0v) is 13.5. The van der Waals surface area contributed by atoms with Crippen LogP contribution in [0.4, 0.5) is 28.4 Å². The highest BCUT2D eigenvalue weighted by Gasteiger charge is 2.19. The Kier molecular flexibility index (Phi) is 5.79. The Balaban J connectivity index is 2.15. The number of hydrogen-bond donors (Lipinski definition) is 3. The normalized spacial score (nSPS) is 10.4. The van der Waals surface area contributed by atoms with Crippen LogP contribution in [0, 0.1) is 20.2 Å². The molecule has 0 aliphatic heterocycles. The maximum Gasteiger partial charge on any atom is 0.328 e. The van der Waals surface area contributed by atoms with Gasteiger partial charge < -0.3 is 15.7 Å². The Morgan fingerprint density at radius 2 is 1.56 bits per heavy atom. The molecule has 1 amide bonds. The lowest BCUT2D eigenvalue weighted by Crippen LogP contribution is -2.08. The van der Waals surface area contributed by atoms with Crippen molar-refractivity contribution in [1.29, 1.82) is 0 Å². The van der Waals surface area contributed by atoms with E-state index in [-0.39, 0.29) is 5.69 Å². The van der Waals surface area contributed by atoms with Crippen molar-refractivity contribution in [3.63, 3.8) is 0 Å². The first-order valence-electron chi connectivity index (χ1n) is 7.28. The highest BCUT2D eigenvalue weighted by Crippen LogP contribution is 2.31. The van der Waals surface area contributed by atoms with E-state index in [9.17, 15) is 29.8 Å². The topological polar surface area (TPSA) is 165 Å². The molecule has 138 valence electrons. The number of hydrogen-bond acceptors (Lipinski definition) is 7. The zero-order valence-electron chi connectivity index (χ0n) is 13.5. The number of nitrogens with zero attached hydrogens (tertiary/aromatic N) is 2. The van der Waals surface area contributed by atoms with Crippen molar-refractivity contribution in [2.45, 2.75) is 0 Å². The van der Waals surface area contributed by atoms with Crippen molar-refractivity contribution < 1.29 is 24.5 Å². The number of carbonyl (C=O) groups excluding carboxylic acids is 1. The fraction of sp³-hybridized carbons (Fsp3) is 0. The Morgan fingerprint density at radius 3 is 2.11 bits per heavy atom. The monoisotopic (exact) mass is 372 g/mol. The molecule has 0 aliphatic carbocycles. The van der Waals surface area contributed by atoms with Crippen LogP contribution in [0.15, 0.2) is 54.6 Å². The molecule has 0 spiro atoms. The van der Waals surface area contributed by atoms with Crippen molar-refractivity contribution in [3.8, 4) is 0 Å². The van der Waals surface area contributed by atoms with Crippen molar-refractivity contribution in [2.75, 3.05) is 10.6 Å². The van der Waals surface area contributed by atoms with Gasteiger partial charge in [0.25, 0.3) is 11.4 Å². The molecule has 11 heteroatoms. The quantitative estimate of drug-likeness (QED) is 0.379. The van der Waals surface area contributed by atoms with E-state index < -0.39 is 33.1 Å². The largest absolute Gasteiger partial charge is 0.478 e. The van der Waals surface area contributed by atoms with Crippen molar-refractivity contribution >= 4 is 40.3 Å². The van der Waals surface area contributed by atoms with Gasteiger partial charge in [0.1, 0.15) is 5.69 Å². The second-order valence-electron chi connectivity index (χ2n) is 5.08. The molecule has 0 heterocycles. The van der Waals surface area contributed by atoms with Crippen LogP contribution in [0.3, 0.4) is 0 Å². The van der Waals surface area contributed by atoms with Gasteiger partial charge in [0.15, 0.2) is 0 Å². The molecule has 0 unspecified atom stereocenters. The van der Waals surface area contributed by atoms with Gasteiger partial charge in [-0.2, -0.15) is 0 Å². The molecular formula is C16H12N4O7. The van der Waals surface area contributed by atoms with Crippen molar-refractivity contribution in [1.82, 2.24) is 0 Å². The van der Waals surface area contributed by atoms with E-state index in [1.165, 1.54) is 30.3 Å². The van der Waals surface area contributed by atoms with Crippen molar-refractivity contribution in [2.24, 2.45) is 0 Å². The third-order valence-electron chi connectivity index (χ3n) is 3.20. The number of nitro benzene ring substituents is 2. The van der Waals surface area contributed by atoms with Gasteiger partial charge in [0, 0.05) is 29.6 Å². The van der Waals surface area contributed by atoms with Gasteiger partial charge >= 0.3 is 5.97 Å². The van der Waals surface area contributed by atoms with Crippen LogP contribution < -0.4 is 10.6 Å². The van der Waals surface area contributed by atoms with Crippen LogP contribution in [-0.2, 0) is 9.59 Å².